The Hall–Kier alpha value is -1.66. The first-order valence-corrected chi connectivity index (χ1v) is 8.18. The van der Waals surface area contributed by atoms with Gasteiger partial charge in [-0.1, -0.05) is 12.1 Å². The minimum absolute atomic E-state index is 0.220. The molecular weight excluding hydrogens is 300 g/mol. The average molecular weight is 320 g/mol. The summed E-state index contributed by atoms with van der Waals surface area (Å²) in [6.45, 7) is 5.80. The number of ether oxygens (including phenoxy) is 1. The van der Waals surface area contributed by atoms with E-state index < -0.39 is 17.8 Å². The molecule has 0 unspecified atom stereocenters. The van der Waals surface area contributed by atoms with Crippen molar-refractivity contribution in [3.05, 3.63) is 29.3 Å². The van der Waals surface area contributed by atoms with Crippen LogP contribution in [0.1, 0.15) is 38.2 Å². The molecule has 5 nitrogen and oxygen atoms in total. The van der Waals surface area contributed by atoms with Crippen LogP contribution in [0.4, 0.5) is 4.79 Å². The number of fused-ring (bicyclic) bond motifs is 1. The summed E-state index contributed by atoms with van der Waals surface area (Å²) in [6, 6.07) is 7.67. The summed E-state index contributed by atoms with van der Waals surface area (Å²) < 4.78 is 6.53. The Labute approximate surface area is 133 Å². The number of rotatable bonds is 1. The molecule has 6 heteroatoms. The second kappa shape index (κ2) is 5.52. The van der Waals surface area contributed by atoms with Crippen LogP contribution in [0.3, 0.4) is 0 Å². The molecule has 1 aliphatic heterocycles. The van der Waals surface area contributed by atoms with Crippen molar-refractivity contribution in [1.29, 1.82) is 0 Å². The van der Waals surface area contributed by atoms with Crippen molar-refractivity contribution in [2.24, 2.45) is 0 Å². The van der Waals surface area contributed by atoms with E-state index in [1.54, 1.807) is 16.2 Å². The summed E-state index contributed by atoms with van der Waals surface area (Å²) in [5.74, 6) is 0. The lowest BCUT2D eigenvalue weighted by molar-refractivity contribution is 0.0206. The maximum absolute atomic E-state index is 12.4. The molecule has 1 aromatic heterocycles. The maximum Gasteiger partial charge on any atom is 0.410 e. The number of aliphatic hydroxyl groups excluding tert-OH is 1. The van der Waals surface area contributed by atoms with Crippen LogP contribution in [0, 0.1) is 0 Å². The summed E-state index contributed by atoms with van der Waals surface area (Å²) in [7, 11) is 0. The molecule has 0 saturated carbocycles. The topological polar surface area (TPSA) is 62.7 Å². The highest BCUT2D eigenvalue weighted by molar-refractivity contribution is 7.18. The van der Waals surface area contributed by atoms with E-state index in [1.807, 2.05) is 45.0 Å². The molecule has 118 valence electrons. The van der Waals surface area contributed by atoms with E-state index in [0.717, 1.165) is 15.2 Å². The van der Waals surface area contributed by atoms with Gasteiger partial charge in [0.25, 0.3) is 0 Å². The van der Waals surface area contributed by atoms with Gasteiger partial charge in [0.05, 0.1) is 28.9 Å². The molecule has 22 heavy (non-hydrogen) atoms. The molecule has 3 rings (SSSR count). The first kappa shape index (κ1) is 15.2. The molecule has 2 atom stereocenters. The van der Waals surface area contributed by atoms with Crippen molar-refractivity contribution in [3.63, 3.8) is 0 Å². The summed E-state index contributed by atoms with van der Waals surface area (Å²) in [6.07, 6.45) is -0.433. The zero-order valence-corrected chi connectivity index (χ0v) is 13.8. The molecule has 0 bridgehead atoms. The van der Waals surface area contributed by atoms with Crippen molar-refractivity contribution < 1.29 is 14.6 Å². The van der Waals surface area contributed by atoms with Crippen LogP contribution in [0.25, 0.3) is 10.2 Å². The summed E-state index contributed by atoms with van der Waals surface area (Å²) in [4.78, 5) is 18.6. The molecule has 1 fully saturated rings. The third kappa shape index (κ3) is 3.08. The van der Waals surface area contributed by atoms with Crippen LogP contribution in [0.15, 0.2) is 24.3 Å². The minimum atomic E-state index is -0.553. The van der Waals surface area contributed by atoms with Crippen molar-refractivity contribution in [3.8, 4) is 0 Å². The lowest BCUT2D eigenvalue weighted by Crippen LogP contribution is -2.37. The van der Waals surface area contributed by atoms with Crippen LogP contribution in [-0.2, 0) is 4.74 Å². The zero-order valence-electron chi connectivity index (χ0n) is 12.9. The number of aliphatic hydroxyl groups is 1. The Balaban J connectivity index is 1.88. The monoisotopic (exact) mass is 320 g/mol. The van der Waals surface area contributed by atoms with Gasteiger partial charge < -0.3 is 9.84 Å². The van der Waals surface area contributed by atoms with Crippen molar-refractivity contribution >= 4 is 27.6 Å². The molecule has 1 saturated heterocycles. The SMILES string of the molecule is CC(C)(C)OC(=O)N1C[C@H](O)C[C@H]1c1nc2ccccc2s1. The fraction of sp³-hybridized carbons (Fsp3) is 0.500. The molecule has 0 radical (unpaired) electrons. The van der Waals surface area contributed by atoms with E-state index >= 15 is 0 Å². The van der Waals surface area contributed by atoms with Crippen LogP contribution in [0.5, 0.6) is 0 Å². The van der Waals surface area contributed by atoms with Crippen molar-refractivity contribution in [2.45, 2.75) is 44.9 Å². The zero-order chi connectivity index (χ0) is 15.9. The van der Waals surface area contributed by atoms with Crippen molar-refractivity contribution in [2.75, 3.05) is 6.54 Å². The van der Waals surface area contributed by atoms with Crippen LogP contribution in [0.2, 0.25) is 0 Å². The number of para-hydroxylation sites is 1. The van der Waals surface area contributed by atoms with Crippen LogP contribution in [-0.4, -0.2) is 39.3 Å². The lowest BCUT2D eigenvalue weighted by Gasteiger charge is -2.27. The van der Waals surface area contributed by atoms with Gasteiger partial charge >= 0.3 is 6.09 Å². The normalized spacial score (nSPS) is 22.3. The second-order valence-corrected chi connectivity index (χ2v) is 7.62. The molecule has 0 spiro atoms. The number of amides is 1. The number of carbonyl (C=O) groups is 1. The molecule has 1 aromatic carbocycles. The Morgan fingerprint density at radius 2 is 2.14 bits per heavy atom. The average Bonchev–Trinajstić information content (AvgIpc) is 2.99. The smallest absolute Gasteiger partial charge is 0.410 e. The number of β-amino-alcohol motifs (C(OH)–C–C–N with tert-alkyl or cyclic N) is 1. The Morgan fingerprint density at radius 1 is 1.41 bits per heavy atom. The van der Waals surface area contributed by atoms with Gasteiger partial charge in [-0.3, -0.25) is 4.90 Å². The second-order valence-electron chi connectivity index (χ2n) is 6.56. The lowest BCUT2D eigenvalue weighted by atomic mass is 10.2. The minimum Gasteiger partial charge on any atom is -0.444 e. The van der Waals surface area contributed by atoms with Gasteiger partial charge in [0.15, 0.2) is 0 Å². The highest BCUT2D eigenvalue weighted by atomic mass is 32.1. The van der Waals surface area contributed by atoms with Gasteiger partial charge in [-0.05, 0) is 32.9 Å². The first-order chi connectivity index (χ1) is 10.3. The number of thiazole rings is 1. The Bertz CT molecular complexity index is 659. The number of carbonyl (C=O) groups excluding carboxylic acids is 1. The highest BCUT2D eigenvalue weighted by Crippen LogP contribution is 2.37. The highest BCUT2D eigenvalue weighted by Gasteiger charge is 2.39. The number of nitrogens with zero attached hydrogens (tertiary/aromatic N) is 2. The van der Waals surface area contributed by atoms with Gasteiger partial charge in [0.1, 0.15) is 10.6 Å². The third-order valence-electron chi connectivity index (χ3n) is 3.50. The molecule has 1 amide bonds. The summed E-state index contributed by atoms with van der Waals surface area (Å²) in [5, 5.41) is 10.8. The van der Waals surface area contributed by atoms with Gasteiger partial charge in [-0.15, -0.1) is 11.3 Å². The summed E-state index contributed by atoms with van der Waals surface area (Å²) >= 11 is 1.56. The van der Waals surface area contributed by atoms with E-state index in [-0.39, 0.29) is 12.6 Å². The van der Waals surface area contributed by atoms with Crippen LogP contribution < -0.4 is 0 Å². The predicted octanol–water partition coefficient (Wildman–Crippen LogP) is 3.34. The number of hydrogen-bond donors (Lipinski definition) is 1. The van der Waals surface area contributed by atoms with Gasteiger partial charge in [0, 0.05) is 6.42 Å². The predicted molar refractivity (Wildman–Crippen MR) is 85.9 cm³/mol. The number of aromatic nitrogens is 1. The van der Waals surface area contributed by atoms with E-state index in [4.69, 9.17) is 4.74 Å². The van der Waals surface area contributed by atoms with E-state index in [1.165, 1.54) is 0 Å². The molecule has 2 aromatic rings. The first-order valence-electron chi connectivity index (χ1n) is 7.36. The molecule has 1 aliphatic rings. The maximum atomic E-state index is 12.4. The fourth-order valence-corrected chi connectivity index (χ4v) is 3.70. The number of likely N-dealkylation sites (tertiary alicyclic amines) is 1. The standard InChI is InChI=1S/C16H20N2O3S/c1-16(2,3)21-15(20)18-9-10(19)8-12(18)14-17-11-6-4-5-7-13(11)22-14/h4-7,10,12,19H,8-9H2,1-3H3/t10-,12+/m1/s1. The number of hydrogen-bond acceptors (Lipinski definition) is 5. The van der Waals surface area contributed by atoms with Crippen molar-refractivity contribution in [1.82, 2.24) is 9.88 Å². The molecule has 2 heterocycles. The molecular formula is C16H20N2O3S. The number of benzene rings is 1. The quantitative estimate of drug-likeness (QED) is 0.875. The van der Waals surface area contributed by atoms with Crippen LogP contribution >= 0.6 is 11.3 Å². The summed E-state index contributed by atoms with van der Waals surface area (Å²) in [5.41, 5.74) is 0.371. The molecule has 1 N–H and O–H groups in total. The largest absolute Gasteiger partial charge is 0.444 e. The van der Waals surface area contributed by atoms with Gasteiger partial charge in [0.2, 0.25) is 0 Å². The molecule has 0 aliphatic carbocycles. The van der Waals surface area contributed by atoms with E-state index in [9.17, 15) is 9.90 Å². The Kier molecular flexibility index (Phi) is 3.82. The van der Waals surface area contributed by atoms with Gasteiger partial charge in [-0.2, -0.15) is 0 Å². The van der Waals surface area contributed by atoms with E-state index in [0.29, 0.717) is 6.42 Å². The van der Waals surface area contributed by atoms with Gasteiger partial charge in [-0.25, -0.2) is 9.78 Å². The third-order valence-corrected chi connectivity index (χ3v) is 4.64. The fourth-order valence-electron chi connectivity index (χ4n) is 2.60. The Morgan fingerprint density at radius 3 is 2.82 bits per heavy atom. The van der Waals surface area contributed by atoms with E-state index in [2.05, 4.69) is 4.98 Å².